The molecule has 0 unspecified atom stereocenters. The molecule has 0 fully saturated rings. The molecule has 3 aromatic carbocycles. The molecule has 0 amide bonds. The summed E-state index contributed by atoms with van der Waals surface area (Å²) >= 11 is 6.03. The minimum Gasteiger partial charge on any atom is -0.478 e. The number of alkyl halides is 3. The molecular weight excluding hydrogens is 491 g/mol. The van der Waals surface area contributed by atoms with Gasteiger partial charge in [0.05, 0.1) is 21.5 Å². The number of carbonyl (C=O) groups is 1. The van der Waals surface area contributed by atoms with E-state index in [1.54, 1.807) is 6.92 Å². The van der Waals surface area contributed by atoms with Crippen LogP contribution < -0.4 is 0 Å². The minimum atomic E-state index is -4.59. The Morgan fingerprint density at radius 1 is 1.00 bits per heavy atom. The van der Waals surface area contributed by atoms with Crippen LogP contribution in [0.15, 0.2) is 71.6 Å². The summed E-state index contributed by atoms with van der Waals surface area (Å²) in [5.74, 6) is -1.11. The van der Waals surface area contributed by atoms with Crippen LogP contribution in [0.4, 0.5) is 13.2 Å². The van der Waals surface area contributed by atoms with Gasteiger partial charge in [0.25, 0.3) is 10.0 Å². The molecule has 0 atom stereocenters. The first kappa shape index (κ1) is 23.8. The van der Waals surface area contributed by atoms with Crippen molar-refractivity contribution in [2.75, 3.05) is 0 Å². The van der Waals surface area contributed by atoms with Crippen LogP contribution in [-0.4, -0.2) is 23.5 Å². The molecule has 1 N–H and O–H groups in total. The molecule has 4 aromatic rings. The molecular formula is C24H17ClF3NO4S. The van der Waals surface area contributed by atoms with Crippen molar-refractivity contribution in [3.8, 4) is 0 Å². The minimum absolute atomic E-state index is 0.0434. The summed E-state index contributed by atoms with van der Waals surface area (Å²) in [6.07, 6.45) is -4.54. The van der Waals surface area contributed by atoms with Crippen LogP contribution >= 0.6 is 11.6 Å². The van der Waals surface area contributed by atoms with Crippen molar-refractivity contribution in [2.45, 2.75) is 24.4 Å². The fourth-order valence-electron chi connectivity index (χ4n) is 3.69. The Balaban J connectivity index is 1.91. The zero-order valence-electron chi connectivity index (χ0n) is 17.6. The monoisotopic (exact) mass is 507 g/mol. The number of aromatic carboxylic acids is 1. The Bertz CT molecular complexity index is 1520. The Morgan fingerprint density at radius 2 is 1.68 bits per heavy atom. The molecule has 0 saturated carbocycles. The molecule has 1 aromatic heterocycles. The highest BCUT2D eigenvalue weighted by Crippen LogP contribution is 2.34. The number of benzene rings is 3. The van der Waals surface area contributed by atoms with Gasteiger partial charge in [-0.1, -0.05) is 23.7 Å². The molecule has 10 heteroatoms. The SMILES string of the molecule is Cc1cc(S(=O)(=O)n2c(Cc3ccc(C(=O)O)cc3)cc3cc(C(F)(F)F)ccc32)ccc1Cl. The van der Waals surface area contributed by atoms with Gasteiger partial charge < -0.3 is 5.11 Å². The molecule has 5 nitrogen and oxygen atoms in total. The van der Waals surface area contributed by atoms with Gasteiger partial charge in [-0.15, -0.1) is 0 Å². The van der Waals surface area contributed by atoms with E-state index in [-0.39, 0.29) is 33.5 Å². The van der Waals surface area contributed by atoms with E-state index in [0.717, 1.165) is 22.2 Å². The first-order chi connectivity index (χ1) is 15.9. The number of fused-ring (bicyclic) bond motifs is 1. The van der Waals surface area contributed by atoms with Crippen LogP contribution in [0.3, 0.4) is 0 Å². The first-order valence-corrected chi connectivity index (χ1v) is 11.8. The van der Waals surface area contributed by atoms with E-state index in [1.807, 2.05) is 0 Å². The molecule has 0 radical (unpaired) electrons. The van der Waals surface area contributed by atoms with Crippen molar-refractivity contribution in [3.63, 3.8) is 0 Å². The Morgan fingerprint density at radius 3 is 2.26 bits per heavy atom. The van der Waals surface area contributed by atoms with E-state index in [9.17, 15) is 26.4 Å². The van der Waals surface area contributed by atoms with Crippen LogP contribution in [0.25, 0.3) is 10.9 Å². The largest absolute Gasteiger partial charge is 0.478 e. The topological polar surface area (TPSA) is 76.4 Å². The molecule has 0 saturated heterocycles. The molecule has 176 valence electrons. The van der Waals surface area contributed by atoms with Gasteiger partial charge in [0, 0.05) is 22.5 Å². The lowest BCUT2D eigenvalue weighted by Gasteiger charge is -2.14. The second-order valence-electron chi connectivity index (χ2n) is 7.77. The van der Waals surface area contributed by atoms with Crippen LogP contribution in [0.5, 0.6) is 0 Å². The predicted octanol–water partition coefficient (Wildman–Crippen LogP) is 6.15. The van der Waals surface area contributed by atoms with Gasteiger partial charge in [0.1, 0.15) is 0 Å². The third-order valence-electron chi connectivity index (χ3n) is 5.41. The summed E-state index contributed by atoms with van der Waals surface area (Å²) in [7, 11) is -4.20. The Kier molecular flexibility index (Phi) is 5.95. The maximum absolute atomic E-state index is 13.6. The van der Waals surface area contributed by atoms with E-state index in [4.69, 9.17) is 16.7 Å². The van der Waals surface area contributed by atoms with Crippen molar-refractivity contribution in [2.24, 2.45) is 0 Å². The van der Waals surface area contributed by atoms with Crippen LogP contribution in [-0.2, 0) is 22.6 Å². The lowest BCUT2D eigenvalue weighted by atomic mass is 10.1. The van der Waals surface area contributed by atoms with E-state index >= 15 is 0 Å². The molecule has 0 aliphatic heterocycles. The van der Waals surface area contributed by atoms with Gasteiger partial charge in [0.15, 0.2) is 0 Å². The van der Waals surface area contributed by atoms with E-state index in [1.165, 1.54) is 48.5 Å². The van der Waals surface area contributed by atoms with E-state index in [2.05, 4.69) is 0 Å². The summed E-state index contributed by atoms with van der Waals surface area (Å²) in [6, 6.07) is 14.3. The van der Waals surface area contributed by atoms with Crippen molar-refractivity contribution in [1.29, 1.82) is 0 Å². The van der Waals surface area contributed by atoms with Gasteiger partial charge in [0.2, 0.25) is 0 Å². The number of aromatic nitrogens is 1. The highest BCUT2D eigenvalue weighted by molar-refractivity contribution is 7.90. The average molecular weight is 508 g/mol. The van der Waals surface area contributed by atoms with Crippen LogP contribution in [0, 0.1) is 6.92 Å². The highest BCUT2D eigenvalue weighted by Gasteiger charge is 2.32. The van der Waals surface area contributed by atoms with Crippen molar-refractivity contribution < 1.29 is 31.5 Å². The number of nitrogens with zero attached hydrogens (tertiary/aromatic N) is 1. The van der Waals surface area contributed by atoms with Gasteiger partial charge in [-0.05, 0) is 72.6 Å². The summed E-state index contributed by atoms with van der Waals surface area (Å²) in [4.78, 5) is 11.0. The molecule has 1 heterocycles. The summed E-state index contributed by atoms with van der Waals surface area (Å²) in [6.45, 7) is 1.65. The predicted molar refractivity (Wildman–Crippen MR) is 122 cm³/mol. The zero-order chi connectivity index (χ0) is 24.8. The molecule has 0 aliphatic rings. The second kappa shape index (κ2) is 8.48. The fraction of sp³-hybridized carbons (Fsp3) is 0.125. The lowest BCUT2D eigenvalue weighted by Crippen LogP contribution is -2.16. The molecule has 0 bridgehead atoms. The number of halogens is 4. The number of hydrogen-bond acceptors (Lipinski definition) is 3. The maximum atomic E-state index is 13.6. The summed E-state index contributed by atoms with van der Waals surface area (Å²) < 4.78 is 68.1. The van der Waals surface area contributed by atoms with Gasteiger partial charge >= 0.3 is 12.1 Å². The third-order valence-corrected chi connectivity index (χ3v) is 7.60. The lowest BCUT2D eigenvalue weighted by molar-refractivity contribution is -0.137. The number of aryl methyl sites for hydroxylation is 1. The number of rotatable bonds is 5. The highest BCUT2D eigenvalue weighted by atomic mass is 35.5. The third kappa shape index (κ3) is 4.41. The van der Waals surface area contributed by atoms with Gasteiger partial charge in [-0.25, -0.2) is 17.2 Å². The number of hydrogen-bond donors (Lipinski definition) is 1. The Labute approximate surface area is 198 Å². The number of carboxylic acids is 1. The second-order valence-corrected chi connectivity index (χ2v) is 9.96. The van der Waals surface area contributed by atoms with E-state index < -0.39 is 27.7 Å². The van der Waals surface area contributed by atoms with Crippen molar-refractivity contribution >= 4 is 38.5 Å². The smallest absolute Gasteiger partial charge is 0.416 e. The summed E-state index contributed by atoms with van der Waals surface area (Å²) in [5.41, 5.74) is 0.609. The standard InChI is InChI=1S/C24H17ClF3NO4S/c1-14-10-20(7-8-21(14)25)34(32,33)29-19(11-15-2-4-16(5-3-15)23(30)31)13-17-12-18(24(26,27)28)6-9-22(17)29/h2-10,12-13H,11H2,1H3,(H,30,31). The van der Waals surface area contributed by atoms with Crippen LogP contribution in [0.2, 0.25) is 5.02 Å². The molecule has 0 aliphatic carbocycles. The van der Waals surface area contributed by atoms with E-state index in [0.29, 0.717) is 16.1 Å². The first-order valence-electron chi connectivity index (χ1n) is 9.93. The molecule has 0 spiro atoms. The maximum Gasteiger partial charge on any atom is 0.416 e. The number of carboxylic acid groups (broad SMARTS) is 1. The van der Waals surface area contributed by atoms with Crippen molar-refractivity contribution in [3.05, 3.63) is 99.7 Å². The molecule has 4 rings (SSSR count). The van der Waals surface area contributed by atoms with Crippen molar-refractivity contribution in [1.82, 2.24) is 3.97 Å². The molecule has 34 heavy (non-hydrogen) atoms. The van der Waals surface area contributed by atoms with Gasteiger partial charge in [-0.2, -0.15) is 13.2 Å². The van der Waals surface area contributed by atoms with Gasteiger partial charge in [-0.3, -0.25) is 0 Å². The zero-order valence-corrected chi connectivity index (χ0v) is 19.2. The summed E-state index contributed by atoms with van der Waals surface area (Å²) in [5, 5.41) is 9.58. The average Bonchev–Trinajstić information content (AvgIpc) is 3.13. The fourth-order valence-corrected chi connectivity index (χ4v) is 5.43. The van der Waals surface area contributed by atoms with Crippen LogP contribution in [0.1, 0.15) is 32.7 Å². The Hall–Kier alpha value is -3.30. The quantitative estimate of drug-likeness (QED) is 0.351. The normalized spacial score (nSPS) is 12.3.